The minimum Gasteiger partial charge on any atom is -0.465 e. The Bertz CT molecular complexity index is 439. The molecule has 0 radical (unpaired) electrons. The molecule has 5 nitrogen and oxygen atoms in total. The first-order chi connectivity index (χ1) is 8.08. The molecule has 0 aliphatic carbocycles. The van der Waals surface area contributed by atoms with E-state index in [1.165, 1.54) is 4.90 Å². The smallest absolute Gasteiger partial charge is 0.407 e. The van der Waals surface area contributed by atoms with E-state index in [0.29, 0.717) is 19.7 Å². The second-order valence-electron chi connectivity index (χ2n) is 3.96. The zero-order valence-corrected chi connectivity index (χ0v) is 11.0. The van der Waals surface area contributed by atoms with Crippen molar-refractivity contribution in [3.05, 3.63) is 28.0 Å². The number of amides is 1. The van der Waals surface area contributed by atoms with Crippen molar-refractivity contribution in [1.29, 1.82) is 0 Å². The number of pyridine rings is 1. The SMILES string of the molecule is Cc1cc([C@H]2CN(C(=O)O)CCO2)cnc1Br. The Kier molecular flexibility index (Phi) is 3.63. The van der Waals surface area contributed by atoms with Crippen LogP contribution >= 0.6 is 15.9 Å². The average molecular weight is 301 g/mol. The highest BCUT2D eigenvalue weighted by atomic mass is 79.9. The van der Waals surface area contributed by atoms with Crippen molar-refractivity contribution in [2.75, 3.05) is 19.7 Å². The number of nitrogens with zero attached hydrogens (tertiary/aromatic N) is 2. The van der Waals surface area contributed by atoms with E-state index in [1.54, 1.807) is 6.20 Å². The third-order valence-electron chi connectivity index (χ3n) is 2.74. The molecular weight excluding hydrogens is 288 g/mol. The Morgan fingerprint density at radius 2 is 2.47 bits per heavy atom. The number of hydrogen-bond acceptors (Lipinski definition) is 3. The highest BCUT2D eigenvalue weighted by Crippen LogP contribution is 2.24. The third kappa shape index (κ3) is 2.76. The van der Waals surface area contributed by atoms with Crippen molar-refractivity contribution in [1.82, 2.24) is 9.88 Å². The fourth-order valence-electron chi connectivity index (χ4n) is 1.78. The maximum absolute atomic E-state index is 10.9. The van der Waals surface area contributed by atoms with Crippen LogP contribution in [0.2, 0.25) is 0 Å². The molecule has 1 aromatic rings. The molecule has 17 heavy (non-hydrogen) atoms. The average Bonchev–Trinajstić information content (AvgIpc) is 2.33. The van der Waals surface area contributed by atoms with Gasteiger partial charge >= 0.3 is 6.09 Å². The first-order valence-electron chi connectivity index (χ1n) is 5.29. The minimum atomic E-state index is -0.903. The van der Waals surface area contributed by atoms with Crippen LogP contribution in [0, 0.1) is 6.92 Å². The van der Waals surface area contributed by atoms with Crippen LogP contribution in [0.4, 0.5) is 4.79 Å². The summed E-state index contributed by atoms with van der Waals surface area (Å²) in [5.41, 5.74) is 1.93. The van der Waals surface area contributed by atoms with Gasteiger partial charge in [0.05, 0.1) is 13.2 Å². The van der Waals surface area contributed by atoms with Gasteiger partial charge < -0.3 is 14.7 Å². The molecule has 1 aromatic heterocycles. The molecule has 1 atom stereocenters. The molecule has 1 saturated heterocycles. The molecule has 1 aliphatic rings. The molecule has 0 spiro atoms. The number of rotatable bonds is 1. The van der Waals surface area contributed by atoms with Crippen LogP contribution in [0.5, 0.6) is 0 Å². The summed E-state index contributed by atoms with van der Waals surface area (Å²) >= 11 is 3.33. The van der Waals surface area contributed by atoms with Crippen LogP contribution in [-0.2, 0) is 4.74 Å². The van der Waals surface area contributed by atoms with E-state index >= 15 is 0 Å². The highest BCUT2D eigenvalue weighted by molar-refractivity contribution is 9.10. The second kappa shape index (κ2) is 5.01. The Balaban J connectivity index is 2.16. The van der Waals surface area contributed by atoms with E-state index in [0.717, 1.165) is 15.7 Å². The number of aromatic nitrogens is 1. The van der Waals surface area contributed by atoms with Crippen LogP contribution in [0.3, 0.4) is 0 Å². The van der Waals surface area contributed by atoms with Gasteiger partial charge in [0.1, 0.15) is 10.7 Å². The molecule has 0 aromatic carbocycles. The predicted octanol–water partition coefficient (Wildman–Crippen LogP) is 2.20. The predicted molar refractivity (Wildman–Crippen MR) is 65.0 cm³/mol. The summed E-state index contributed by atoms with van der Waals surface area (Å²) in [7, 11) is 0. The van der Waals surface area contributed by atoms with E-state index in [9.17, 15) is 4.79 Å². The van der Waals surface area contributed by atoms with Crippen molar-refractivity contribution in [3.8, 4) is 0 Å². The molecule has 6 heteroatoms. The van der Waals surface area contributed by atoms with Gasteiger partial charge in [-0.05, 0) is 34.5 Å². The fourth-order valence-corrected chi connectivity index (χ4v) is 2.00. The molecule has 2 rings (SSSR count). The van der Waals surface area contributed by atoms with Crippen LogP contribution in [0.15, 0.2) is 16.9 Å². The van der Waals surface area contributed by atoms with Gasteiger partial charge in [-0.1, -0.05) is 0 Å². The molecular formula is C11H13BrN2O3. The number of morpholine rings is 1. The Hall–Kier alpha value is -1.14. The number of ether oxygens (including phenoxy) is 1. The largest absolute Gasteiger partial charge is 0.465 e. The van der Waals surface area contributed by atoms with Gasteiger partial charge in [-0.3, -0.25) is 0 Å². The van der Waals surface area contributed by atoms with Gasteiger partial charge in [-0.15, -0.1) is 0 Å². The van der Waals surface area contributed by atoms with Crippen molar-refractivity contribution >= 4 is 22.0 Å². The highest BCUT2D eigenvalue weighted by Gasteiger charge is 2.25. The minimum absolute atomic E-state index is 0.223. The zero-order valence-electron chi connectivity index (χ0n) is 9.39. The first kappa shape index (κ1) is 12.3. The second-order valence-corrected chi connectivity index (χ2v) is 4.72. The summed E-state index contributed by atoms with van der Waals surface area (Å²) in [4.78, 5) is 16.5. The molecule has 92 valence electrons. The zero-order chi connectivity index (χ0) is 12.4. The number of halogens is 1. The summed E-state index contributed by atoms with van der Waals surface area (Å²) in [5.74, 6) is 0. The number of hydrogen-bond donors (Lipinski definition) is 1. The summed E-state index contributed by atoms with van der Waals surface area (Å²) in [5, 5.41) is 8.95. The lowest BCUT2D eigenvalue weighted by molar-refractivity contribution is -0.0233. The van der Waals surface area contributed by atoms with Crippen LogP contribution in [-0.4, -0.2) is 40.8 Å². The van der Waals surface area contributed by atoms with Gasteiger partial charge in [-0.25, -0.2) is 9.78 Å². The normalized spacial score (nSPS) is 20.4. The van der Waals surface area contributed by atoms with E-state index in [1.807, 2.05) is 13.0 Å². The lowest BCUT2D eigenvalue weighted by Crippen LogP contribution is -2.41. The monoisotopic (exact) mass is 300 g/mol. The molecule has 0 saturated carbocycles. The van der Waals surface area contributed by atoms with Gasteiger partial charge in [0.2, 0.25) is 0 Å². The quantitative estimate of drug-likeness (QED) is 0.808. The standard InChI is InChI=1S/C11H13BrN2O3/c1-7-4-8(5-13-10(7)12)9-6-14(11(15)16)2-3-17-9/h4-5,9H,2-3,6H2,1H3,(H,15,16)/t9-/m1/s1. The maximum Gasteiger partial charge on any atom is 0.407 e. The Morgan fingerprint density at radius 1 is 1.71 bits per heavy atom. The first-order valence-corrected chi connectivity index (χ1v) is 6.08. The molecule has 0 bridgehead atoms. The Labute approximate surface area is 108 Å². The van der Waals surface area contributed by atoms with Gasteiger partial charge in [0.15, 0.2) is 0 Å². The van der Waals surface area contributed by atoms with E-state index in [-0.39, 0.29) is 6.10 Å². The summed E-state index contributed by atoms with van der Waals surface area (Å²) in [6.07, 6.45) is 0.590. The van der Waals surface area contributed by atoms with Crippen molar-refractivity contribution in [3.63, 3.8) is 0 Å². The number of carbonyl (C=O) groups is 1. The molecule has 1 N–H and O–H groups in total. The lowest BCUT2D eigenvalue weighted by atomic mass is 10.1. The van der Waals surface area contributed by atoms with Gasteiger partial charge in [-0.2, -0.15) is 0 Å². The summed E-state index contributed by atoms with van der Waals surface area (Å²) in [6.45, 7) is 3.15. The van der Waals surface area contributed by atoms with Crippen LogP contribution in [0.25, 0.3) is 0 Å². The van der Waals surface area contributed by atoms with E-state index in [4.69, 9.17) is 9.84 Å². The molecule has 1 aliphatic heterocycles. The number of carboxylic acid groups (broad SMARTS) is 1. The lowest BCUT2D eigenvalue weighted by Gasteiger charge is -2.31. The van der Waals surface area contributed by atoms with Crippen molar-refractivity contribution in [2.45, 2.75) is 13.0 Å². The summed E-state index contributed by atoms with van der Waals surface area (Å²) in [6, 6.07) is 1.97. The fraction of sp³-hybridized carbons (Fsp3) is 0.455. The van der Waals surface area contributed by atoms with Crippen molar-refractivity contribution < 1.29 is 14.6 Å². The van der Waals surface area contributed by atoms with Gasteiger partial charge in [0, 0.05) is 18.3 Å². The Morgan fingerprint density at radius 3 is 3.12 bits per heavy atom. The maximum atomic E-state index is 10.9. The topological polar surface area (TPSA) is 62.7 Å². The molecule has 1 fully saturated rings. The van der Waals surface area contributed by atoms with Crippen molar-refractivity contribution in [2.24, 2.45) is 0 Å². The van der Waals surface area contributed by atoms with Crippen LogP contribution in [0.1, 0.15) is 17.2 Å². The van der Waals surface area contributed by atoms with Crippen LogP contribution < -0.4 is 0 Å². The van der Waals surface area contributed by atoms with Gasteiger partial charge in [0.25, 0.3) is 0 Å². The van der Waals surface area contributed by atoms with E-state index in [2.05, 4.69) is 20.9 Å². The van der Waals surface area contributed by atoms with E-state index < -0.39 is 6.09 Å². The molecule has 2 heterocycles. The molecule has 0 unspecified atom stereocenters. The molecule has 1 amide bonds. The third-order valence-corrected chi connectivity index (χ3v) is 3.57. The summed E-state index contributed by atoms with van der Waals surface area (Å²) < 4.78 is 6.38. The number of aryl methyl sites for hydroxylation is 1.